The molecule has 0 bridgehead atoms. The van der Waals surface area contributed by atoms with Crippen LogP contribution in [0.1, 0.15) is 22.5 Å². The molecule has 4 rings (SSSR count). The Labute approximate surface area is 160 Å². The number of aliphatic carboxylic acids is 2. The molecule has 0 spiro atoms. The van der Waals surface area contributed by atoms with Crippen LogP contribution < -0.4 is 0 Å². The highest BCUT2D eigenvalue weighted by Gasteiger charge is 2.17. The van der Waals surface area contributed by atoms with Crippen molar-refractivity contribution in [1.29, 1.82) is 0 Å². The number of benzene rings is 2. The number of para-hydroxylation sites is 2. The van der Waals surface area contributed by atoms with Crippen molar-refractivity contribution >= 4 is 33.7 Å². The number of carboxylic acids is 2. The molecular formula is C22H20N2O4. The highest BCUT2D eigenvalue weighted by Crippen LogP contribution is 2.27. The van der Waals surface area contributed by atoms with Gasteiger partial charge in [0.1, 0.15) is 0 Å². The number of rotatable bonds is 7. The van der Waals surface area contributed by atoms with E-state index in [-0.39, 0.29) is 12.8 Å². The molecule has 2 aromatic heterocycles. The van der Waals surface area contributed by atoms with Gasteiger partial charge >= 0.3 is 11.9 Å². The number of hydrogen-bond donors (Lipinski definition) is 4. The van der Waals surface area contributed by atoms with Crippen molar-refractivity contribution in [1.82, 2.24) is 9.97 Å². The lowest BCUT2D eigenvalue weighted by Gasteiger charge is -2.05. The Bertz CT molecular complexity index is 1090. The second kappa shape index (κ2) is 7.23. The largest absolute Gasteiger partial charge is 0.481 e. The van der Waals surface area contributed by atoms with Gasteiger partial charge in [0.25, 0.3) is 0 Å². The highest BCUT2D eigenvalue weighted by atomic mass is 16.4. The summed E-state index contributed by atoms with van der Waals surface area (Å²) in [5, 5.41) is 20.5. The molecule has 6 heteroatoms. The molecule has 0 unspecified atom stereocenters. The zero-order valence-electron chi connectivity index (χ0n) is 15.2. The van der Waals surface area contributed by atoms with Crippen molar-refractivity contribution < 1.29 is 19.8 Å². The minimum atomic E-state index is -0.872. The summed E-state index contributed by atoms with van der Waals surface area (Å²) in [6, 6.07) is 15.3. The number of aromatic nitrogens is 2. The fourth-order valence-electron chi connectivity index (χ4n) is 3.89. The van der Waals surface area contributed by atoms with E-state index in [4.69, 9.17) is 0 Å². The number of carbonyl (C=O) groups is 2. The van der Waals surface area contributed by atoms with E-state index < -0.39 is 11.9 Å². The third kappa shape index (κ3) is 3.36. The van der Waals surface area contributed by atoms with E-state index in [2.05, 4.69) is 9.97 Å². The number of fused-ring (bicyclic) bond motifs is 2. The zero-order valence-corrected chi connectivity index (χ0v) is 15.2. The van der Waals surface area contributed by atoms with Crippen molar-refractivity contribution in [2.24, 2.45) is 0 Å². The van der Waals surface area contributed by atoms with Crippen molar-refractivity contribution in [3.8, 4) is 0 Å². The number of nitrogens with one attached hydrogen (secondary N) is 2. The summed E-state index contributed by atoms with van der Waals surface area (Å²) in [6.07, 6.45) is 1.09. The summed E-state index contributed by atoms with van der Waals surface area (Å²) in [4.78, 5) is 29.4. The molecule has 4 aromatic rings. The molecule has 2 aromatic carbocycles. The quantitative estimate of drug-likeness (QED) is 0.395. The maximum absolute atomic E-state index is 11.3. The van der Waals surface area contributed by atoms with Crippen LogP contribution in [0.5, 0.6) is 0 Å². The molecule has 0 saturated heterocycles. The standard InChI is InChI=1S/C22H20N2O4/c25-21(26)11-15-13-5-1-3-7-17(13)23-19(15)9-10-20-16(12-22(27)28)14-6-2-4-8-18(14)24-20/h1-8,23-24H,9-12H2,(H,25,26)(H,27,28). The second-order valence-electron chi connectivity index (χ2n) is 6.90. The molecule has 0 aliphatic rings. The monoisotopic (exact) mass is 376 g/mol. The summed E-state index contributed by atoms with van der Waals surface area (Å²) in [5.41, 5.74) is 5.16. The first-order chi connectivity index (χ1) is 13.5. The van der Waals surface area contributed by atoms with Gasteiger partial charge in [0, 0.05) is 33.2 Å². The van der Waals surface area contributed by atoms with E-state index in [0.717, 1.165) is 44.3 Å². The van der Waals surface area contributed by atoms with Gasteiger partial charge in [0.05, 0.1) is 12.8 Å². The highest BCUT2D eigenvalue weighted by molar-refractivity contribution is 5.89. The van der Waals surface area contributed by atoms with E-state index in [1.165, 1.54) is 0 Å². The van der Waals surface area contributed by atoms with Crippen LogP contribution >= 0.6 is 0 Å². The lowest BCUT2D eigenvalue weighted by atomic mass is 10.0. The number of aromatic amines is 2. The Morgan fingerprint density at radius 2 is 1.07 bits per heavy atom. The van der Waals surface area contributed by atoms with Crippen molar-refractivity contribution in [2.75, 3.05) is 0 Å². The van der Waals surface area contributed by atoms with Gasteiger partial charge in [-0.25, -0.2) is 0 Å². The van der Waals surface area contributed by atoms with Crippen LogP contribution in [-0.2, 0) is 35.3 Å². The van der Waals surface area contributed by atoms with Crippen LogP contribution in [0.25, 0.3) is 21.8 Å². The fraction of sp³-hybridized carbons (Fsp3) is 0.182. The maximum Gasteiger partial charge on any atom is 0.307 e. The van der Waals surface area contributed by atoms with Gasteiger partial charge < -0.3 is 20.2 Å². The molecule has 6 nitrogen and oxygen atoms in total. The molecule has 0 fully saturated rings. The van der Waals surface area contributed by atoms with Gasteiger partial charge in [0.2, 0.25) is 0 Å². The van der Waals surface area contributed by atoms with Crippen LogP contribution in [-0.4, -0.2) is 32.1 Å². The Balaban J connectivity index is 1.70. The lowest BCUT2D eigenvalue weighted by Crippen LogP contribution is -2.06. The van der Waals surface area contributed by atoms with Crippen LogP contribution in [0, 0.1) is 0 Å². The molecule has 2 heterocycles. The molecule has 4 N–H and O–H groups in total. The van der Waals surface area contributed by atoms with Crippen LogP contribution in [0.15, 0.2) is 48.5 Å². The Morgan fingerprint density at radius 1 is 0.679 bits per heavy atom. The molecule has 28 heavy (non-hydrogen) atoms. The number of carboxylic acid groups (broad SMARTS) is 2. The molecule has 0 amide bonds. The van der Waals surface area contributed by atoms with E-state index in [1.54, 1.807) is 0 Å². The number of hydrogen-bond acceptors (Lipinski definition) is 2. The zero-order chi connectivity index (χ0) is 19.7. The fourth-order valence-corrected chi connectivity index (χ4v) is 3.89. The third-order valence-electron chi connectivity index (χ3n) is 5.09. The van der Waals surface area contributed by atoms with E-state index in [0.29, 0.717) is 12.8 Å². The van der Waals surface area contributed by atoms with E-state index in [9.17, 15) is 19.8 Å². The average molecular weight is 376 g/mol. The Hall–Kier alpha value is -3.54. The van der Waals surface area contributed by atoms with Crippen LogP contribution in [0.4, 0.5) is 0 Å². The topological polar surface area (TPSA) is 106 Å². The minimum Gasteiger partial charge on any atom is -0.481 e. The smallest absolute Gasteiger partial charge is 0.307 e. The SMILES string of the molecule is O=C(O)Cc1c(CCc2[nH]c3ccccc3c2CC(=O)O)[nH]c2ccccc12. The van der Waals surface area contributed by atoms with Crippen molar-refractivity contribution in [3.63, 3.8) is 0 Å². The normalized spacial score (nSPS) is 11.3. The minimum absolute atomic E-state index is 0.0476. The first kappa shape index (κ1) is 17.9. The molecule has 0 atom stereocenters. The van der Waals surface area contributed by atoms with Crippen molar-refractivity contribution in [2.45, 2.75) is 25.7 Å². The Morgan fingerprint density at radius 3 is 1.46 bits per heavy atom. The number of aryl methyl sites for hydroxylation is 2. The van der Waals surface area contributed by atoms with E-state index in [1.807, 2.05) is 48.5 Å². The van der Waals surface area contributed by atoms with Gasteiger partial charge in [-0.15, -0.1) is 0 Å². The Kier molecular flexibility index (Phi) is 4.61. The molecule has 0 aliphatic carbocycles. The van der Waals surface area contributed by atoms with Gasteiger partial charge in [-0.1, -0.05) is 36.4 Å². The molecule has 0 aliphatic heterocycles. The summed E-state index contributed by atoms with van der Waals surface area (Å²) >= 11 is 0. The molecule has 0 saturated carbocycles. The van der Waals surface area contributed by atoms with Crippen LogP contribution in [0.2, 0.25) is 0 Å². The summed E-state index contributed by atoms with van der Waals surface area (Å²) in [5.74, 6) is -1.74. The van der Waals surface area contributed by atoms with Gasteiger partial charge in [-0.05, 0) is 36.1 Å². The predicted octanol–water partition coefficient (Wildman–Crippen LogP) is 3.69. The van der Waals surface area contributed by atoms with Gasteiger partial charge in [-0.2, -0.15) is 0 Å². The van der Waals surface area contributed by atoms with Crippen LogP contribution in [0.3, 0.4) is 0 Å². The first-order valence-electron chi connectivity index (χ1n) is 9.13. The van der Waals surface area contributed by atoms with Gasteiger partial charge in [0.15, 0.2) is 0 Å². The van der Waals surface area contributed by atoms with E-state index >= 15 is 0 Å². The summed E-state index contributed by atoms with van der Waals surface area (Å²) in [7, 11) is 0. The molecule has 0 radical (unpaired) electrons. The lowest BCUT2D eigenvalue weighted by molar-refractivity contribution is -0.137. The van der Waals surface area contributed by atoms with Crippen molar-refractivity contribution in [3.05, 3.63) is 71.0 Å². The summed E-state index contributed by atoms with van der Waals surface area (Å²) in [6.45, 7) is 0. The maximum atomic E-state index is 11.3. The first-order valence-corrected chi connectivity index (χ1v) is 9.13. The number of H-pyrrole nitrogens is 2. The average Bonchev–Trinajstić information content (AvgIpc) is 3.18. The van der Waals surface area contributed by atoms with Gasteiger partial charge in [-0.3, -0.25) is 9.59 Å². The predicted molar refractivity (Wildman–Crippen MR) is 107 cm³/mol. The summed E-state index contributed by atoms with van der Waals surface area (Å²) < 4.78 is 0. The molecular weight excluding hydrogens is 356 g/mol. The second-order valence-corrected chi connectivity index (χ2v) is 6.90. The molecule has 142 valence electrons. The third-order valence-corrected chi connectivity index (χ3v) is 5.09.